The highest BCUT2D eigenvalue weighted by atomic mass is 127. The molecule has 0 aliphatic rings. The van der Waals surface area contributed by atoms with Crippen LogP contribution in [0.3, 0.4) is 0 Å². The van der Waals surface area contributed by atoms with Gasteiger partial charge in [0, 0.05) is 15.2 Å². The van der Waals surface area contributed by atoms with Crippen molar-refractivity contribution in [2.24, 2.45) is 0 Å². The number of thiocarbonyl (C=S) groups is 1. The van der Waals surface area contributed by atoms with Gasteiger partial charge < -0.3 is 9.73 Å². The molecule has 0 saturated heterocycles. The summed E-state index contributed by atoms with van der Waals surface area (Å²) in [6.45, 7) is 0. The maximum atomic E-state index is 13.8. The monoisotopic (exact) mass is 560 g/mol. The van der Waals surface area contributed by atoms with Crippen molar-refractivity contribution >= 4 is 80.8 Å². The van der Waals surface area contributed by atoms with Gasteiger partial charge in [0.25, 0.3) is 0 Å². The van der Waals surface area contributed by atoms with Gasteiger partial charge in [-0.2, -0.15) is 0 Å². The smallest absolute Gasteiger partial charge is 0.250 e. The van der Waals surface area contributed by atoms with Crippen LogP contribution in [0.25, 0.3) is 17.4 Å². The molecule has 0 unspecified atom stereocenters. The van der Waals surface area contributed by atoms with E-state index in [1.165, 1.54) is 24.3 Å². The van der Waals surface area contributed by atoms with Crippen LogP contribution in [0, 0.1) is 9.39 Å². The number of anilines is 1. The molecule has 3 aromatic rings. The third-order valence-electron chi connectivity index (χ3n) is 3.66. The van der Waals surface area contributed by atoms with Crippen LogP contribution in [0.2, 0.25) is 10.0 Å². The lowest BCUT2D eigenvalue weighted by atomic mass is 10.2. The average Bonchev–Trinajstić information content (AvgIpc) is 3.13. The Balaban J connectivity index is 1.61. The number of amides is 1. The molecule has 0 saturated carbocycles. The molecule has 0 aliphatic carbocycles. The van der Waals surface area contributed by atoms with Crippen LogP contribution in [0.5, 0.6) is 0 Å². The Morgan fingerprint density at radius 2 is 1.97 bits per heavy atom. The first-order valence-corrected chi connectivity index (χ1v) is 10.4. The first-order valence-electron chi connectivity index (χ1n) is 8.13. The molecule has 9 heteroatoms. The normalized spacial score (nSPS) is 10.9. The van der Waals surface area contributed by atoms with Crippen LogP contribution in [-0.4, -0.2) is 11.0 Å². The number of hydrogen-bond acceptors (Lipinski definition) is 3. The Labute approximate surface area is 195 Å². The van der Waals surface area contributed by atoms with Gasteiger partial charge in [-0.3, -0.25) is 10.1 Å². The molecule has 3 rings (SSSR count). The lowest BCUT2D eigenvalue weighted by Crippen LogP contribution is -2.33. The molecular formula is C20H12Cl2FIN2O2S. The molecule has 0 aliphatic heterocycles. The lowest BCUT2D eigenvalue weighted by molar-refractivity contribution is -0.115. The van der Waals surface area contributed by atoms with E-state index >= 15 is 0 Å². The maximum Gasteiger partial charge on any atom is 0.250 e. The highest BCUT2D eigenvalue weighted by molar-refractivity contribution is 14.1. The quantitative estimate of drug-likeness (QED) is 0.216. The van der Waals surface area contributed by atoms with Gasteiger partial charge in [0.1, 0.15) is 17.3 Å². The zero-order chi connectivity index (χ0) is 21.0. The van der Waals surface area contributed by atoms with Gasteiger partial charge >= 0.3 is 0 Å². The number of halogens is 4. The first-order chi connectivity index (χ1) is 13.8. The highest BCUT2D eigenvalue weighted by Gasteiger charge is 2.11. The summed E-state index contributed by atoms with van der Waals surface area (Å²) in [4.78, 5) is 12.0. The van der Waals surface area contributed by atoms with Gasteiger partial charge in [-0.15, -0.1) is 0 Å². The Morgan fingerprint density at radius 1 is 1.17 bits per heavy atom. The van der Waals surface area contributed by atoms with E-state index in [0.717, 1.165) is 3.57 Å². The number of benzene rings is 2. The van der Waals surface area contributed by atoms with Gasteiger partial charge in [0.2, 0.25) is 5.91 Å². The van der Waals surface area contributed by atoms with E-state index in [4.69, 9.17) is 39.8 Å². The molecule has 0 atom stereocenters. The number of nitrogens with one attached hydrogen (secondary N) is 2. The molecule has 4 nitrogen and oxygen atoms in total. The summed E-state index contributed by atoms with van der Waals surface area (Å²) < 4.78 is 20.3. The minimum absolute atomic E-state index is 0.0226. The summed E-state index contributed by atoms with van der Waals surface area (Å²) in [5, 5.41) is 5.86. The highest BCUT2D eigenvalue weighted by Crippen LogP contribution is 2.34. The minimum atomic E-state index is -0.493. The second-order valence-corrected chi connectivity index (χ2v) is 8.14. The predicted octanol–water partition coefficient (Wildman–Crippen LogP) is 6.52. The largest absolute Gasteiger partial charge is 0.457 e. The van der Waals surface area contributed by atoms with Crippen molar-refractivity contribution < 1.29 is 13.6 Å². The fraction of sp³-hybridized carbons (Fsp3) is 0. The molecule has 1 amide bonds. The molecule has 2 N–H and O–H groups in total. The fourth-order valence-corrected chi connectivity index (χ4v) is 3.39. The summed E-state index contributed by atoms with van der Waals surface area (Å²) in [5.41, 5.74) is 0.821. The molecule has 148 valence electrons. The van der Waals surface area contributed by atoms with Crippen LogP contribution in [-0.2, 0) is 4.79 Å². The van der Waals surface area contributed by atoms with Crippen molar-refractivity contribution in [3.05, 3.63) is 79.8 Å². The molecule has 0 radical (unpaired) electrons. The fourth-order valence-electron chi connectivity index (χ4n) is 2.34. The Hall–Kier alpha value is -1.94. The van der Waals surface area contributed by atoms with E-state index in [1.54, 1.807) is 36.4 Å². The van der Waals surface area contributed by atoms with Crippen LogP contribution >= 0.6 is 58.0 Å². The second kappa shape index (κ2) is 9.71. The minimum Gasteiger partial charge on any atom is -0.457 e. The summed E-state index contributed by atoms with van der Waals surface area (Å²) in [6, 6.07) is 13.2. The molecule has 0 spiro atoms. The zero-order valence-corrected chi connectivity index (χ0v) is 19.0. The Morgan fingerprint density at radius 3 is 2.72 bits per heavy atom. The van der Waals surface area contributed by atoms with E-state index in [1.807, 2.05) is 22.6 Å². The predicted molar refractivity (Wildman–Crippen MR) is 127 cm³/mol. The lowest BCUT2D eigenvalue weighted by Gasteiger charge is -2.09. The summed E-state index contributed by atoms with van der Waals surface area (Å²) in [5.74, 6) is -0.00308. The van der Waals surface area contributed by atoms with Crippen molar-refractivity contribution in [3.63, 3.8) is 0 Å². The van der Waals surface area contributed by atoms with Gasteiger partial charge in [0.05, 0.1) is 15.7 Å². The van der Waals surface area contributed by atoms with Crippen LogP contribution < -0.4 is 10.6 Å². The number of hydrogen-bond donors (Lipinski definition) is 2. The van der Waals surface area contributed by atoms with Gasteiger partial charge in [-0.1, -0.05) is 29.3 Å². The summed E-state index contributed by atoms with van der Waals surface area (Å²) in [6.07, 6.45) is 2.73. The molecule has 2 aromatic carbocycles. The van der Waals surface area contributed by atoms with Gasteiger partial charge in [-0.05, 0) is 83.3 Å². The van der Waals surface area contributed by atoms with Crippen molar-refractivity contribution in [1.29, 1.82) is 0 Å². The number of furan rings is 1. The third kappa shape index (κ3) is 5.79. The Kier molecular flexibility index (Phi) is 7.28. The molecule has 29 heavy (non-hydrogen) atoms. The van der Waals surface area contributed by atoms with E-state index in [0.29, 0.717) is 27.1 Å². The molecule has 0 fully saturated rings. The Bertz CT molecular complexity index is 1120. The standard InChI is InChI=1S/C20H12Cl2FIN2O2S/c21-14-3-1-2-13(19(14)22)17-8-5-12(28-17)6-9-18(27)26-20(29)25-16-7-4-11(24)10-15(16)23/h1-10H,(H2,25,26,27,29). The van der Waals surface area contributed by atoms with E-state index in [9.17, 15) is 9.18 Å². The van der Waals surface area contributed by atoms with Crippen molar-refractivity contribution in [2.45, 2.75) is 0 Å². The molecular weight excluding hydrogens is 549 g/mol. The van der Waals surface area contributed by atoms with E-state index in [2.05, 4.69) is 10.6 Å². The third-order valence-corrected chi connectivity index (χ3v) is 5.35. The van der Waals surface area contributed by atoms with Crippen molar-refractivity contribution in [1.82, 2.24) is 5.32 Å². The number of carbonyl (C=O) groups is 1. The molecule has 0 bridgehead atoms. The maximum absolute atomic E-state index is 13.8. The first kappa shape index (κ1) is 21.8. The van der Waals surface area contributed by atoms with Crippen molar-refractivity contribution in [3.8, 4) is 11.3 Å². The molecule has 1 heterocycles. The van der Waals surface area contributed by atoms with E-state index in [-0.39, 0.29) is 10.8 Å². The molecule has 1 aromatic heterocycles. The van der Waals surface area contributed by atoms with Gasteiger partial charge in [-0.25, -0.2) is 4.39 Å². The zero-order valence-electron chi connectivity index (χ0n) is 14.5. The number of rotatable bonds is 4. The average molecular weight is 561 g/mol. The topological polar surface area (TPSA) is 54.3 Å². The van der Waals surface area contributed by atoms with Crippen LogP contribution in [0.4, 0.5) is 10.1 Å². The van der Waals surface area contributed by atoms with E-state index < -0.39 is 11.7 Å². The van der Waals surface area contributed by atoms with Crippen LogP contribution in [0.15, 0.2) is 59.0 Å². The summed E-state index contributed by atoms with van der Waals surface area (Å²) in [7, 11) is 0. The summed E-state index contributed by atoms with van der Waals surface area (Å²) >= 11 is 19.2. The second-order valence-electron chi connectivity index (χ2n) is 5.70. The number of carbonyl (C=O) groups excluding carboxylic acids is 1. The van der Waals surface area contributed by atoms with Gasteiger partial charge in [0.15, 0.2) is 5.11 Å². The van der Waals surface area contributed by atoms with Crippen LogP contribution in [0.1, 0.15) is 5.76 Å². The van der Waals surface area contributed by atoms with Crippen molar-refractivity contribution in [2.75, 3.05) is 5.32 Å². The SMILES string of the molecule is O=C(C=Cc1ccc(-c2cccc(Cl)c2Cl)o1)NC(=S)Nc1ccc(I)cc1F.